The van der Waals surface area contributed by atoms with E-state index in [4.69, 9.17) is 90.0 Å². The van der Waals surface area contributed by atoms with Crippen molar-refractivity contribution in [3.8, 4) is 0 Å². The molecule has 0 aromatic carbocycles. The number of aliphatic hydroxyl groups is 32. The van der Waals surface area contributed by atoms with Gasteiger partial charge in [-0.3, -0.25) is 0 Å². The molecule has 1 unspecified atom stereocenters. The molecular weight excluding hydrogens is 1540 g/mol. The van der Waals surface area contributed by atoms with Gasteiger partial charge in [0.25, 0.3) is 0 Å². The van der Waals surface area contributed by atoms with Crippen LogP contribution in [0.5, 0.6) is 0 Å². The summed E-state index contributed by atoms with van der Waals surface area (Å²) < 4.78 is 107. The van der Waals surface area contributed by atoms with Gasteiger partial charge in [-0.25, -0.2) is 0 Å². The highest BCUT2D eigenvalue weighted by atomic mass is 16.8. The molecule has 10 rings (SSSR count). The van der Waals surface area contributed by atoms with Crippen LogP contribution in [0.15, 0.2) is 0 Å². The number of ether oxygens (including phenoxy) is 19. The van der Waals surface area contributed by atoms with Gasteiger partial charge < -0.3 is 253 Å². The van der Waals surface area contributed by atoms with E-state index in [0.717, 1.165) is 0 Å². The molecule has 0 aliphatic carbocycles. The molecule has 111 heavy (non-hydrogen) atoms. The minimum Gasteiger partial charge on any atom is -0.394 e. The van der Waals surface area contributed by atoms with E-state index in [1.807, 2.05) is 0 Å². The molecule has 0 radical (unpaired) electrons. The molecule has 648 valence electrons. The fourth-order valence-corrected chi connectivity index (χ4v) is 14.3. The summed E-state index contributed by atoms with van der Waals surface area (Å²) in [6, 6.07) is 0. The lowest BCUT2D eigenvalue weighted by molar-refractivity contribution is -0.404. The predicted molar refractivity (Wildman–Crippen MR) is 330 cm³/mol. The highest BCUT2D eigenvalue weighted by Crippen LogP contribution is 2.41. The van der Waals surface area contributed by atoms with E-state index in [0.29, 0.717) is 0 Å². The largest absolute Gasteiger partial charge is 0.394 e. The van der Waals surface area contributed by atoms with Crippen molar-refractivity contribution in [2.45, 2.75) is 307 Å². The first-order chi connectivity index (χ1) is 52.7. The van der Waals surface area contributed by atoms with Crippen molar-refractivity contribution < 1.29 is 253 Å². The Labute approximate surface area is 625 Å². The zero-order valence-electron chi connectivity index (χ0n) is 58.0. The molecule has 0 spiro atoms. The maximum atomic E-state index is 12.3. The summed E-state index contributed by atoms with van der Waals surface area (Å²) in [7, 11) is 0. The molecule has 10 saturated heterocycles. The summed E-state index contributed by atoms with van der Waals surface area (Å²) in [6.07, 6.45) is -107. The molecule has 0 aromatic rings. The minimum atomic E-state index is -2.57. The van der Waals surface area contributed by atoms with Gasteiger partial charge in [0.15, 0.2) is 62.9 Å². The molecule has 0 aromatic heterocycles. The van der Waals surface area contributed by atoms with E-state index in [2.05, 4.69) is 0 Å². The SMILES string of the molecule is OC[C@H]1O[C@@H](OC[C@H]2O[C@@H](O[C@@H]3[C@@H](O)[C@H](O[C@@H]4[C@@H](O)[C@H](O[C@@H]5[C@@H](O)[C@H](O[C@H]6[C@H](O)[C@@H](CO)OC(O)[C@@H]6O)O[C@H](CO)[C@H]5O)O[C@H](CO)[C@H]4O)O[C@H](CO)[C@H]3O)[C@H](O)[C@@H](O[C@@H]3O[C@H](CO)[C@@H](O)[C@H](O[C@@H]4O[C@H](CO)[C@@H](O)[C@H](O[C@@H]5O[C@H](CO)[C@@H](O)[C@H](O[C@@H]6O[C@H](CO)[C@@H](O)[C@H](O)[C@H]6O)[C@H]5O)[C@H]4O)[C@H]3O)[C@@H]2O)[C@H](O)[C@@H](O)[C@@H]1O. The highest BCUT2D eigenvalue weighted by Gasteiger charge is 2.61. The van der Waals surface area contributed by atoms with Crippen LogP contribution < -0.4 is 0 Å². The third-order valence-electron chi connectivity index (χ3n) is 20.9. The van der Waals surface area contributed by atoms with E-state index in [9.17, 15) is 163 Å². The zero-order chi connectivity index (χ0) is 81.4. The molecule has 50 atom stereocenters. The predicted octanol–water partition coefficient (Wildman–Crippen LogP) is -22.8. The van der Waals surface area contributed by atoms with Gasteiger partial charge in [0.05, 0.1) is 66.1 Å². The minimum absolute atomic E-state index is 0.930. The highest BCUT2D eigenvalue weighted by molar-refractivity contribution is 5.03. The van der Waals surface area contributed by atoms with Gasteiger partial charge in [-0.1, -0.05) is 0 Å². The topological polar surface area (TPSA) is 823 Å². The Morgan fingerprint density at radius 1 is 0.153 bits per heavy atom. The number of hydrogen-bond donors (Lipinski definition) is 32. The Balaban J connectivity index is 0.878. The fourth-order valence-electron chi connectivity index (χ4n) is 14.3. The lowest BCUT2D eigenvalue weighted by atomic mass is 9.94. The lowest BCUT2D eigenvalue weighted by Crippen LogP contribution is -2.69. The van der Waals surface area contributed by atoms with Crippen molar-refractivity contribution >= 4 is 0 Å². The second kappa shape index (κ2) is 39.4. The summed E-state index contributed by atoms with van der Waals surface area (Å²) in [4.78, 5) is 0. The van der Waals surface area contributed by atoms with Gasteiger partial charge >= 0.3 is 0 Å². The van der Waals surface area contributed by atoms with Crippen molar-refractivity contribution in [2.24, 2.45) is 0 Å². The average Bonchev–Trinajstić information content (AvgIpc) is 0.557. The molecule has 51 heteroatoms. The van der Waals surface area contributed by atoms with E-state index in [1.54, 1.807) is 0 Å². The molecule has 10 heterocycles. The first kappa shape index (κ1) is 91.3. The molecule has 0 saturated carbocycles. The normalized spacial score (nSPS) is 53.7. The van der Waals surface area contributed by atoms with Crippen LogP contribution >= 0.6 is 0 Å². The van der Waals surface area contributed by atoms with Crippen molar-refractivity contribution in [1.29, 1.82) is 0 Å². The molecule has 32 N–H and O–H groups in total. The maximum Gasteiger partial charge on any atom is 0.187 e. The standard InChI is InChI=1S/C60H102O51/c61-1-11-21(70)31(80)33(82)52(95-11)93-10-20-30(79)50(111-59-40(89)48(28(77)18(8-68)102-59)109-57-38(87)46(26(75)16(6-66)100-57)107-55-36(85)44(24(73)14(4-64)98-55)105-53-34(83)32(81)22(71)12(2-62)96-53)42(91)60(103-20)110-49-29(78)19(9-69)101-58(41(49)90)108-47-27(76)17(7-67)99-56(39(47)88)106-45-25(74)15(5-65)97-54(37(45)86)104-43-23(72)13(3-63)94-51(92)35(43)84/h11-92H,1-10H2/t11-,12-,13-,14-,15-,16-,17-,18-,19-,20-,21-,22-,23-,24-,25-,26-,27-,28-,29-,30-,31+,32+,33-,34-,35-,36-,37-,38-,39-,40-,41-,42-,43+,44+,45+,46+,47+,48+,49+,50+,51?,52-,53+,54+,55+,56+,57+,58+,59+,60+/m1/s1. The van der Waals surface area contributed by atoms with Crippen molar-refractivity contribution in [2.75, 3.05) is 66.1 Å². The second-order valence-electron chi connectivity index (χ2n) is 28.0. The van der Waals surface area contributed by atoms with Crippen molar-refractivity contribution in [1.82, 2.24) is 0 Å². The third-order valence-corrected chi connectivity index (χ3v) is 20.9. The Kier molecular flexibility index (Phi) is 32.4. The van der Waals surface area contributed by atoms with Crippen LogP contribution in [0.3, 0.4) is 0 Å². The molecular formula is C60H102O51. The molecule has 10 fully saturated rings. The summed E-state index contributed by atoms with van der Waals surface area (Å²) in [5.41, 5.74) is 0. The zero-order valence-corrected chi connectivity index (χ0v) is 58.0. The van der Waals surface area contributed by atoms with E-state index in [-0.39, 0.29) is 0 Å². The third kappa shape index (κ3) is 18.9. The quantitative estimate of drug-likeness (QED) is 0.0346. The first-order valence-electron chi connectivity index (χ1n) is 35.2. The average molecular weight is 1640 g/mol. The molecule has 0 amide bonds. The molecule has 10 aliphatic heterocycles. The fraction of sp³-hybridized carbons (Fsp3) is 1.00. The van der Waals surface area contributed by atoms with Gasteiger partial charge in [0, 0.05) is 0 Å². The Morgan fingerprint density at radius 2 is 0.315 bits per heavy atom. The number of hydrogen-bond acceptors (Lipinski definition) is 51. The first-order valence-corrected chi connectivity index (χ1v) is 35.2. The van der Waals surface area contributed by atoms with Gasteiger partial charge in [-0.05, 0) is 0 Å². The van der Waals surface area contributed by atoms with E-state index < -0.39 is 373 Å². The lowest BCUT2D eigenvalue weighted by Gasteiger charge is -2.50. The van der Waals surface area contributed by atoms with Crippen LogP contribution in [0.25, 0.3) is 0 Å². The summed E-state index contributed by atoms with van der Waals surface area (Å²) in [5.74, 6) is 0. The summed E-state index contributed by atoms with van der Waals surface area (Å²) in [6.45, 7) is -10.9. The monoisotopic (exact) mass is 1640 g/mol. The Hall–Kier alpha value is -2.04. The van der Waals surface area contributed by atoms with Gasteiger partial charge in [-0.15, -0.1) is 0 Å². The van der Waals surface area contributed by atoms with Crippen molar-refractivity contribution in [3.63, 3.8) is 0 Å². The molecule has 10 aliphatic rings. The summed E-state index contributed by atoms with van der Waals surface area (Å²) >= 11 is 0. The van der Waals surface area contributed by atoms with Crippen LogP contribution in [0.2, 0.25) is 0 Å². The summed E-state index contributed by atoms with van der Waals surface area (Å²) in [5, 5.41) is 351. The Morgan fingerprint density at radius 3 is 0.541 bits per heavy atom. The van der Waals surface area contributed by atoms with Crippen LogP contribution in [0.4, 0.5) is 0 Å². The molecule has 0 bridgehead atoms. The smallest absolute Gasteiger partial charge is 0.187 e. The van der Waals surface area contributed by atoms with Crippen LogP contribution in [0.1, 0.15) is 0 Å². The maximum absolute atomic E-state index is 12.3. The van der Waals surface area contributed by atoms with E-state index >= 15 is 0 Å². The Bertz CT molecular complexity index is 2790. The number of rotatable bonds is 28. The van der Waals surface area contributed by atoms with Crippen LogP contribution in [0, 0.1) is 0 Å². The van der Waals surface area contributed by atoms with E-state index in [1.165, 1.54) is 0 Å². The van der Waals surface area contributed by atoms with Gasteiger partial charge in [0.1, 0.15) is 244 Å². The van der Waals surface area contributed by atoms with Crippen LogP contribution in [-0.4, -0.2) is 537 Å². The molecule has 51 nitrogen and oxygen atoms in total. The van der Waals surface area contributed by atoms with Gasteiger partial charge in [-0.2, -0.15) is 0 Å². The van der Waals surface area contributed by atoms with Gasteiger partial charge in [0.2, 0.25) is 0 Å². The second-order valence-corrected chi connectivity index (χ2v) is 28.0. The van der Waals surface area contributed by atoms with Crippen LogP contribution in [-0.2, 0) is 90.0 Å². The van der Waals surface area contributed by atoms with Crippen molar-refractivity contribution in [3.05, 3.63) is 0 Å². The number of aliphatic hydroxyl groups excluding tert-OH is 32.